The number of anilines is 2. The number of fused-ring (bicyclic) bond motifs is 3. The molecule has 6 N–H and O–H groups in total. The van der Waals surface area contributed by atoms with E-state index in [1.54, 1.807) is 10.9 Å². The normalized spacial score (nSPS) is 18.4. The van der Waals surface area contributed by atoms with Gasteiger partial charge in [-0.15, -0.1) is 0 Å². The molecule has 0 saturated heterocycles. The number of nitrogen functional groups attached to an aromatic ring is 1. The topological polar surface area (TPSA) is 143 Å². The third-order valence-electron chi connectivity index (χ3n) is 7.81. The van der Waals surface area contributed by atoms with Crippen molar-refractivity contribution in [2.45, 2.75) is 96.6 Å². The molecular weight excluding hydrogens is 528 g/mol. The third-order valence-corrected chi connectivity index (χ3v) is 7.81. The molecule has 3 heterocycles. The molecule has 10 nitrogen and oxygen atoms in total. The van der Waals surface area contributed by atoms with Gasteiger partial charge in [-0.25, -0.2) is 4.79 Å². The van der Waals surface area contributed by atoms with E-state index in [-0.39, 0.29) is 11.8 Å². The Hall–Kier alpha value is -3.79. The van der Waals surface area contributed by atoms with Crippen molar-refractivity contribution in [1.29, 1.82) is 0 Å². The fourth-order valence-corrected chi connectivity index (χ4v) is 5.60. The van der Waals surface area contributed by atoms with Crippen LogP contribution in [0.1, 0.15) is 84.5 Å². The van der Waals surface area contributed by atoms with Crippen LogP contribution in [0.5, 0.6) is 0 Å². The second-order valence-corrected chi connectivity index (χ2v) is 11.6. The zero-order chi connectivity index (χ0) is 30.1. The van der Waals surface area contributed by atoms with E-state index in [1.807, 2.05) is 49.2 Å². The fraction of sp³-hybridized carbons (Fsp3) is 0.531. The molecule has 2 fully saturated rings. The number of aliphatic hydroxyl groups is 1. The molecule has 0 radical (unpaired) electrons. The zero-order valence-electron chi connectivity index (χ0n) is 25.6. The molecule has 2 atom stereocenters. The monoisotopic (exact) mass is 576 g/mol. The standard InChI is InChI=1S/C14H20N4O.C9H8N4O.C6H12.C3H8/c1-18-14-7-13(12(15)5-9(14)8-16-18)17-10-3-2-4-11(19)6-10;1-13-8-3-7-6(11-9(14)12-7)2-5(8)4-10-13;1-2-4-6-5-3-1;1-3-2/h5,7-8,10-11,17,19H,2-4,6,15H2,1H3;2-4H,1H3,(H2,11,12,14);1-6H2;3H2,1-2H3. The lowest BCUT2D eigenvalue weighted by molar-refractivity contribution is 0.124. The van der Waals surface area contributed by atoms with E-state index in [1.165, 1.54) is 44.9 Å². The van der Waals surface area contributed by atoms with Crippen LogP contribution in [0.15, 0.2) is 41.5 Å². The van der Waals surface area contributed by atoms with Gasteiger partial charge in [-0.05, 0) is 49.9 Å². The van der Waals surface area contributed by atoms with Crippen molar-refractivity contribution in [1.82, 2.24) is 29.5 Å². The molecule has 7 rings (SSSR count). The van der Waals surface area contributed by atoms with Crippen LogP contribution in [-0.4, -0.2) is 46.8 Å². The summed E-state index contributed by atoms with van der Waals surface area (Å²) in [5.74, 6) is 0. The van der Waals surface area contributed by atoms with Gasteiger partial charge in [0.1, 0.15) is 0 Å². The number of imidazole rings is 1. The van der Waals surface area contributed by atoms with Crippen molar-refractivity contribution >= 4 is 44.2 Å². The number of hydrogen-bond acceptors (Lipinski definition) is 6. The first-order valence-electron chi connectivity index (χ1n) is 15.5. The van der Waals surface area contributed by atoms with Crippen molar-refractivity contribution in [3.63, 3.8) is 0 Å². The first-order valence-corrected chi connectivity index (χ1v) is 15.5. The summed E-state index contributed by atoms with van der Waals surface area (Å²) in [4.78, 5) is 16.5. The lowest BCUT2D eigenvalue weighted by Gasteiger charge is -2.28. The van der Waals surface area contributed by atoms with Gasteiger partial charge in [-0.2, -0.15) is 10.2 Å². The van der Waals surface area contributed by atoms with Crippen molar-refractivity contribution in [2.24, 2.45) is 14.1 Å². The van der Waals surface area contributed by atoms with Gasteiger partial charge in [-0.3, -0.25) is 9.36 Å². The highest BCUT2D eigenvalue weighted by atomic mass is 16.3. The summed E-state index contributed by atoms with van der Waals surface area (Å²) < 4.78 is 3.62. The molecule has 0 spiro atoms. The van der Waals surface area contributed by atoms with Crippen molar-refractivity contribution in [3.05, 3.63) is 47.1 Å². The molecule has 2 aliphatic rings. The Kier molecular flexibility index (Phi) is 11.1. The Labute approximate surface area is 247 Å². The molecular formula is C32H48N8O2. The van der Waals surface area contributed by atoms with E-state index in [0.29, 0.717) is 6.04 Å². The van der Waals surface area contributed by atoms with E-state index >= 15 is 0 Å². The number of aliphatic hydroxyl groups excluding tert-OH is 1. The highest BCUT2D eigenvalue weighted by Crippen LogP contribution is 2.29. The van der Waals surface area contributed by atoms with Crippen LogP contribution in [0.2, 0.25) is 0 Å². The van der Waals surface area contributed by atoms with Gasteiger partial charge in [0.15, 0.2) is 0 Å². The first-order chi connectivity index (χ1) is 20.3. The minimum Gasteiger partial charge on any atom is -0.397 e. The predicted octanol–water partition coefficient (Wildman–Crippen LogP) is 6.37. The summed E-state index contributed by atoms with van der Waals surface area (Å²) in [5.41, 5.74) is 11.3. The maximum Gasteiger partial charge on any atom is 0.323 e. The van der Waals surface area contributed by atoms with Crippen LogP contribution < -0.4 is 16.7 Å². The Morgan fingerprint density at radius 3 is 1.95 bits per heavy atom. The molecule has 5 aromatic rings. The van der Waals surface area contributed by atoms with Gasteiger partial charge in [0, 0.05) is 30.9 Å². The average molecular weight is 577 g/mol. The number of aryl methyl sites for hydroxylation is 2. The maximum atomic E-state index is 11.0. The van der Waals surface area contributed by atoms with Gasteiger partial charge in [0.05, 0.1) is 51.9 Å². The van der Waals surface area contributed by atoms with Gasteiger partial charge < -0.3 is 26.1 Å². The second-order valence-electron chi connectivity index (χ2n) is 11.6. The number of nitrogens with two attached hydrogens (primary N) is 1. The van der Waals surface area contributed by atoms with E-state index in [2.05, 4.69) is 39.3 Å². The predicted molar refractivity (Wildman–Crippen MR) is 174 cm³/mol. The smallest absolute Gasteiger partial charge is 0.323 e. The minimum atomic E-state index is -0.187. The van der Waals surface area contributed by atoms with E-state index in [9.17, 15) is 9.90 Å². The first kappa shape index (κ1) is 31.2. The number of nitrogens with one attached hydrogen (secondary N) is 3. The number of aromatic nitrogens is 6. The quantitative estimate of drug-likeness (QED) is 0.155. The molecule has 228 valence electrons. The summed E-state index contributed by atoms with van der Waals surface area (Å²) >= 11 is 0. The summed E-state index contributed by atoms with van der Waals surface area (Å²) in [6.45, 7) is 4.25. The highest BCUT2D eigenvalue weighted by molar-refractivity contribution is 5.93. The highest BCUT2D eigenvalue weighted by Gasteiger charge is 2.20. The van der Waals surface area contributed by atoms with Gasteiger partial charge in [0.2, 0.25) is 0 Å². The number of benzene rings is 2. The molecule has 2 aromatic carbocycles. The van der Waals surface area contributed by atoms with Crippen LogP contribution in [0.4, 0.5) is 11.4 Å². The largest absolute Gasteiger partial charge is 0.397 e. The zero-order valence-corrected chi connectivity index (χ0v) is 25.6. The van der Waals surface area contributed by atoms with Crippen LogP contribution in [-0.2, 0) is 14.1 Å². The molecule has 2 aliphatic carbocycles. The summed E-state index contributed by atoms with van der Waals surface area (Å²) in [5, 5.41) is 23.6. The Bertz CT molecular complexity index is 1600. The minimum absolute atomic E-state index is 0.178. The van der Waals surface area contributed by atoms with Crippen LogP contribution >= 0.6 is 0 Å². The lowest BCUT2D eigenvalue weighted by atomic mass is 9.93. The maximum absolute atomic E-state index is 11.0. The van der Waals surface area contributed by atoms with Gasteiger partial charge in [-0.1, -0.05) is 58.8 Å². The molecule has 3 aromatic heterocycles. The van der Waals surface area contributed by atoms with Crippen molar-refractivity contribution < 1.29 is 5.11 Å². The lowest BCUT2D eigenvalue weighted by Crippen LogP contribution is -2.30. The number of H-pyrrole nitrogens is 2. The van der Waals surface area contributed by atoms with Crippen molar-refractivity contribution in [2.75, 3.05) is 11.1 Å². The molecule has 0 bridgehead atoms. The van der Waals surface area contributed by atoms with E-state index < -0.39 is 0 Å². The second kappa shape index (κ2) is 14.9. The number of rotatable bonds is 2. The molecule has 10 heteroatoms. The Morgan fingerprint density at radius 2 is 1.38 bits per heavy atom. The van der Waals surface area contributed by atoms with Crippen LogP contribution in [0, 0.1) is 0 Å². The molecule has 42 heavy (non-hydrogen) atoms. The van der Waals surface area contributed by atoms with Gasteiger partial charge in [0.25, 0.3) is 0 Å². The van der Waals surface area contributed by atoms with Crippen LogP contribution in [0.3, 0.4) is 0 Å². The van der Waals surface area contributed by atoms with E-state index in [4.69, 9.17) is 5.73 Å². The Morgan fingerprint density at radius 1 is 0.857 bits per heavy atom. The molecule has 0 amide bonds. The number of hydrogen-bond donors (Lipinski definition) is 5. The van der Waals surface area contributed by atoms with Gasteiger partial charge >= 0.3 is 5.69 Å². The van der Waals surface area contributed by atoms with E-state index in [0.717, 1.165) is 69.9 Å². The molecule has 0 aliphatic heterocycles. The number of aromatic amines is 2. The van der Waals surface area contributed by atoms with Crippen LogP contribution in [0.25, 0.3) is 32.8 Å². The SMILES string of the molecule is C1CCCCC1.CCC.Cn1ncc2cc(N)c(NC3CCCC(O)C3)cc21.Cn1ncc2cc3[nH]c(=O)[nH]c3cc21. The summed E-state index contributed by atoms with van der Waals surface area (Å²) in [6, 6.07) is 8.12. The third kappa shape index (κ3) is 8.15. The van der Waals surface area contributed by atoms with Crippen molar-refractivity contribution in [3.8, 4) is 0 Å². The summed E-state index contributed by atoms with van der Waals surface area (Å²) in [6.07, 6.45) is 17.5. The average Bonchev–Trinajstić information content (AvgIpc) is 3.65. The fourth-order valence-electron chi connectivity index (χ4n) is 5.60. The Balaban J connectivity index is 0.000000153. The molecule has 2 saturated carbocycles. The summed E-state index contributed by atoms with van der Waals surface area (Å²) in [7, 11) is 3.80. The number of nitrogens with zero attached hydrogens (tertiary/aromatic N) is 4. The molecule has 2 unspecified atom stereocenters.